The van der Waals surface area contributed by atoms with Crippen LogP contribution in [-0.2, 0) is 17.6 Å². The summed E-state index contributed by atoms with van der Waals surface area (Å²) in [5.41, 5.74) is 3.17. The van der Waals surface area contributed by atoms with E-state index >= 15 is 0 Å². The average molecular weight is 354 g/mol. The molecule has 1 atom stereocenters. The third kappa shape index (κ3) is 3.35. The van der Waals surface area contributed by atoms with E-state index in [-0.39, 0.29) is 5.97 Å². The Kier molecular flexibility index (Phi) is 4.36. The molecule has 6 heteroatoms. The molecule has 25 heavy (non-hydrogen) atoms. The van der Waals surface area contributed by atoms with Gasteiger partial charge in [0.25, 0.3) is 11.8 Å². The standard InChI is InChI=1S/C19H18N2O3S/c1-12(17-20-21-18(24-17)16-7-4-10-25-16)23-19(22)15-9-8-13-5-2-3-6-14(13)11-15/h4,7-12H,2-3,5-6H2,1H3/t12-/m1/s1. The van der Waals surface area contributed by atoms with Crippen LogP contribution in [-0.4, -0.2) is 16.2 Å². The SMILES string of the molecule is C[C@@H](OC(=O)c1ccc2c(c1)CCCC2)c1nnc(-c2cccs2)o1. The molecule has 1 aliphatic rings. The number of ether oxygens (including phenoxy) is 1. The zero-order valence-electron chi connectivity index (χ0n) is 13.9. The minimum absolute atomic E-state index is 0.301. The van der Waals surface area contributed by atoms with Crippen molar-refractivity contribution >= 4 is 17.3 Å². The number of hydrogen-bond acceptors (Lipinski definition) is 6. The van der Waals surface area contributed by atoms with Crippen molar-refractivity contribution in [2.75, 3.05) is 0 Å². The van der Waals surface area contributed by atoms with Crippen LogP contribution in [0.2, 0.25) is 0 Å². The summed E-state index contributed by atoms with van der Waals surface area (Å²) in [6.45, 7) is 1.74. The van der Waals surface area contributed by atoms with E-state index in [1.165, 1.54) is 35.3 Å². The summed E-state index contributed by atoms with van der Waals surface area (Å²) in [5.74, 6) is 0.383. The molecule has 3 aromatic rings. The van der Waals surface area contributed by atoms with Crippen LogP contribution in [0.4, 0.5) is 0 Å². The average Bonchev–Trinajstić information content (AvgIpc) is 3.32. The maximum absolute atomic E-state index is 12.4. The van der Waals surface area contributed by atoms with Crippen molar-refractivity contribution < 1.29 is 13.9 Å². The van der Waals surface area contributed by atoms with Crippen molar-refractivity contribution in [1.29, 1.82) is 0 Å². The van der Waals surface area contributed by atoms with Gasteiger partial charge in [-0.2, -0.15) is 0 Å². The van der Waals surface area contributed by atoms with Crippen LogP contribution in [0, 0.1) is 0 Å². The lowest BCUT2D eigenvalue weighted by molar-refractivity contribution is 0.0279. The number of esters is 1. The third-order valence-corrected chi connectivity index (χ3v) is 5.25. The van der Waals surface area contributed by atoms with Gasteiger partial charge in [-0.25, -0.2) is 4.79 Å². The first-order valence-electron chi connectivity index (χ1n) is 8.41. The number of carbonyl (C=O) groups is 1. The van der Waals surface area contributed by atoms with Crippen molar-refractivity contribution in [3.8, 4) is 10.8 Å². The molecular formula is C19H18N2O3S. The van der Waals surface area contributed by atoms with Crippen LogP contribution in [0.5, 0.6) is 0 Å². The van der Waals surface area contributed by atoms with Crippen molar-refractivity contribution in [3.05, 3.63) is 58.3 Å². The molecule has 5 nitrogen and oxygen atoms in total. The van der Waals surface area contributed by atoms with Crippen LogP contribution in [0.1, 0.15) is 53.2 Å². The minimum Gasteiger partial charge on any atom is -0.449 e. The van der Waals surface area contributed by atoms with E-state index in [4.69, 9.17) is 9.15 Å². The molecule has 2 aromatic heterocycles. The molecule has 0 fully saturated rings. The topological polar surface area (TPSA) is 65.2 Å². The van der Waals surface area contributed by atoms with Gasteiger partial charge in [0.2, 0.25) is 0 Å². The van der Waals surface area contributed by atoms with Gasteiger partial charge in [-0.05, 0) is 67.3 Å². The second kappa shape index (κ2) is 6.80. The first-order chi connectivity index (χ1) is 12.2. The quantitative estimate of drug-likeness (QED) is 0.641. The normalized spacial score (nSPS) is 14.8. The van der Waals surface area contributed by atoms with E-state index < -0.39 is 6.10 Å². The summed E-state index contributed by atoms with van der Waals surface area (Å²) in [6, 6.07) is 9.66. The molecule has 0 spiro atoms. The number of fused-ring (bicyclic) bond motifs is 1. The lowest BCUT2D eigenvalue weighted by Gasteiger charge is -2.16. The molecule has 0 bridgehead atoms. The first kappa shape index (κ1) is 16.0. The Morgan fingerprint density at radius 2 is 2.04 bits per heavy atom. The van der Waals surface area contributed by atoms with Crippen LogP contribution in [0.3, 0.4) is 0 Å². The molecular weight excluding hydrogens is 336 g/mol. The fourth-order valence-electron chi connectivity index (χ4n) is 3.04. The van der Waals surface area contributed by atoms with Crippen LogP contribution in [0.25, 0.3) is 10.8 Å². The predicted octanol–water partition coefficient (Wildman–Crippen LogP) is 4.59. The molecule has 0 amide bonds. The van der Waals surface area contributed by atoms with Gasteiger partial charge in [0.15, 0.2) is 6.10 Å². The number of aryl methyl sites for hydroxylation is 2. The van der Waals surface area contributed by atoms with Crippen molar-refractivity contribution in [2.45, 2.75) is 38.7 Å². The fraction of sp³-hybridized carbons (Fsp3) is 0.316. The molecule has 1 aromatic carbocycles. The highest BCUT2D eigenvalue weighted by molar-refractivity contribution is 7.13. The molecule has 0 N–H and O–H groups in total. The van der Waals surface area contributed by atoms with Gasteiger partial charge in [-0.15, -0.1) is 21.5 Å². The Morgan fingerprint density at radius 1 is 1.20 bits per heavy atom. The molecule has 0 saturated heterocycles. The van der Waals surface area contributed by atoms with Gasteiger partial charge >= 0.3 is 5.97 Å². The van der Waals surface area contributed by atoms with E-state index in [1.54, 1.807) is 6.92 Å². The van der Waals surface area contributed by atoms with Crippen LogP contribution < -0.4 is 0 Å². The summed E-state index contributed by atoms with van der Waals surface area (Å²) in [6.07, 6.45) is 3.92. The Bertz CT molecular complexity index is 886. The highest BCUT2D eigenvalue weighted by atomic mass is 32.1. The highest BCUT2D eigenvalue weighted by Gasteiger charge is 2.21. The number of thiophene rings is 1. The second-order valence-corrected chi connectivity index (χ2v) is 7.11. The van der Waals surface area contributed by atoms with E-state index in [0.717, 1.165) is 17.7 Å². The zero-order chi connectivity index (χ0) is 17.2. The zero-order valence-corrected chi connectivity index (χ0v) is 14.7. The van der Waals surface area contributed by atoms with Crippen LogP contribution in [0.15, 0.2) is 40.1 Å². The summed E-state index contributed by atoms with van der Waals surface area (Å²) in [7, 11) is 0. The van der Waals surface area contributed by atoms with Gasteiger partial charge in [0, 0.05) is 0 Å². The summed E-state index contributed by atoms with van der Waals surface area (Å²) in [4.78, 5) is 13.3. The van der Waals surface area contributed by atoms with Crippen molar-refractivity contribution in [1.82, 2.24) is 10.2 Å². The molecule has 0 aliphatic heterocycles. The fourth-order valence-corrected chi connectivity index (χ4v) is 3.68. The maximum Gasteiger partial charge on any atom is 0.338 e. The number of benzene rings is 1. The molecule has 0 unspecified atom stereocenters. The van der Waals surface area contributed by atoms with Crippen molar-refractivity contribution in [2.24, 2.45) is 0 Å². The van der Waals surface area contributed by atoms with Crippen molar-refractivity contribution in [3.63, 3.8) is 0 Å². The van der Waals surface area contributed by atoms with E-state index in [9.17, 15) is 4.79 Å². The third-order valence-electron chi connectivity index (χ3n) is 4.39. The lowest BCUT2D eigenvalue weighted by atomic mass is 9.90. The highest BCUT2D eigenvalue weighted by Crippen LogP contribution is 2.27. The Hall–Kier alpha value is -2.47. The monoisotopic (exact) mass is 354 g/mol. The number of carbonyl (C=O) groups excluding carboxylic acids is 1. The van der Waals surface area contributed by atoms with Crippen LogP contribution >= 0.6 is 11.3 Å². The summed E-state index contributed by atoms with van der Waals surface area (Å²) in [5, 5.41) is 9.96. The van der Waals surface area contributed by atoms with Gasteiger partial charge in [0.05, 0.1) is 10.4 Å². The predicted molar refractivity (Wildman–Crippen MR) is 94.5 cm³/mol. The number of rotatable bonds is 4. The molecule has 2 heterocycles. The first-order valence-corrected chi connectivity index (χ1v) is 9.29. The van der Waals surface area contributed by atoms with Gasteiger partial charge in [-0.1, -0.05) is 12.1 Å². The second-order valence-electron chi connectivity index (χ2n) is 6.16. The van der Waals surface area contributed by atoms with Gasteiger partial charge in [-0.3, -0.25) is 0 Å². The molecule has 0 radical (unpaired) electrons. The molecule has 128 valence electrons. The number of aromatic nitrogens is 2. The van der Waals surface area contributed by atoms with E-state index in [0.29, 0.717) is 17.3 Å². The molecule has 4 rings (SSSR count). The molecule has 0 saturated carbocycles. The van der Waals surface area contributed by atoms with Gasteiger partial charge in [0.1, 0.15) is 0 Å². The van der Waals surface area contributed by atoms with Gasteiger partial charge < -0.3 is 9.15 Å². The Morgan fingerprint density at radius 3 is 2.84 bits per heavy atom. The smallest absolute Gasteiger partial charge is 0.338 e. The number of hydrogen-bond donors (Lipinski definition) is 0. The number of nitrogens with zero attached hydrogens (tertiary/aromatic N) is 2. The molecule has 1 aliphatic carbocycles. The lowest BCUT2D eigenvalue weighted by Crippen LogP contribution is -2.11. The van der Waals surface area contributed by atoms with E-state index in [1.807, 2.05) is 35.7 Å². The Labute approximate surface area is 149 Å². The summed E-state index contributed by atoms with van der Waals surface area (Å²) < 4.78 is 11.1. The Balaban J connectivity index is 1.47. The maximum atomic E-state index is 12.4. The van der Waals surface area contributed by atoms with E-state index in [2.05, 4.69) is 10.2 Å². The largest absolute Gasteiger partial charge is 0.449 e. The minimum atomic E-state index is -0.593. The summed E-state index contributed by atoms with van der Waals surface area (Å²) >= 11 is 1.52.